The lowest BCUT2D eigenvalue weighted by atomic mass is 9.95. The van der Waals surface area contributed by atoms with Crippen LogP contribution < -0.4 is 10.6 Å². The van der Waals surface area contributed by atoms with Crippen LogP contribution in [0.1, 0.15) is 56.0 Å². The zero-order chi connectivity index (χ0) is 17.7. The van der Waals surface area contributed by atoms with E-state index < -0.39 is 5.41 Å². The molecule has 1 fully saturated rings. The van der Waals surface area contributed by atoms with E-state index in [1.165, 1.54) is 0 Å². The summed E-state index contributed by atoms with van der Waals surface area (Å²) in [5.74, 6) is 0.0413. The summed E-state index contributed by atoms with van der Waals surface area (Å²) in [6.45, 7) is 6.58. The van der Waals surface area contributed by atoms with Crippen LogP contribution in [0.5, 0.6) is 0 Å². The molecule has 0 heterocycles. The van der Waals surface area contributed by atoms with E-state index in [-0.39, 0.29) is 23.8 Å². The zero-order valence-corrected chi connectivity index (χ0v) is 14.8. The van der Waals surface area contributed by atoms with Crippen LogP contribution in [0.4, 0.5) is 0 Å². The highest BCUT2D eigenvalue weighted by Crippen LogP contribution is 2.24. The number of aliphatic hydroxyl groups is 1. The molecule has 5 heteroatoms. The summed E-state index contributed by atoms with van der Waals surface area (Å²) >= 11 is 0. The first kappa shape index (κ1) is 18.5. The van der Waals surface area contributed by atoms with Crippen molar-refractivity contribution in [1.82, 2.24) is 10.6 Å². The molecule has 0 aliphatic heterocycles. The van der Waals surface area contributed by atoms with Crippen molar-refractivity contribution in [1.29, 1.82) is 0 Å². The molecule has 0 radical (unpaired) electrons. The van der Waals surface area contributed by atoms with E-state index >= 15 is 0 Å². The fourth-order valence-electron chi connectivity index (χ4n) is 2.80. The maximum atomic E-state index is 12.2. The minimum atomic E-state index is -0.412. The molecule has 0 bridgehead atoms. The first-order valence-corrected chi connectivity index (χ1v) is 8.61. The number of aliphatic hydroxyl groups excluding tert-OH is 1. The quantitative estimate of drug-likeness (QED) is 0.774. The van der Waals surface area contributed by atoms with Crippen LogP contribution in [-0.4, -0.2) is 29.6 Å². The number of nitrogens with one attached hydrogen (secondary N) is 2. The van der Waals surface area contributed by atoms with Gasteiger partial charge in [-0.15, -0.1) is 0 Å². The number of rotatable bonds is 5. The number of carbonyl (C=O) groups excluding carboxylic acids is 2. The number of hydrogen-bond donors (Lipinski definition) is 3. The van der Waals surface area contributed by atoms with Crippen LogP contribution in [0.15, 0.2) is 24.3 Å². The molecule has 3 N–H and O–H groups in total. The van der Waals surface area contributed by atoms with Crippen molar-refractivity contribution in [3.8, 4) is 0 Å². The van der Waals surface area contributed by atoms with Gasteiger partial charge in [0, 0.05) is 30.0 Å². The van der Waals surface area contributed by atoms with Gasteiger partial charge in [0.15, 0.2) is 0 Å². The third-order valence-electron chi connectivity index (χ3n) is 4.49. The molecule has 5 nitrogen and oxygen atoms in total. The van der Waals surface area contributed by atoms with E-state index in [2.05, 4.69) is 10.6 Å². The highest BCUT2D eigenvalue weighted by atomic mass is 16.3. The van der Waals surface area contributed by atoms with Crippen molar-refractivity contribution in [3.05, 3.63) is 35.4 Å². The molecule has 0 saturated heterocycles. The fourth-order valence-corrected chi connectivity index (χ4v) is 2.80. The Balaban J connectivity index is 1.82. The average molecular weight is 332 g/mol. The Labute approximate surface area is 143 Å². The van der Waals surface area contributed by atoms with E-state index in [1.54, 1.807) is 12.1 Å². The van der Waals surface area contributed by atoms with E-state index in [9.17, 15) is 14.7 Å². The van der Waals surface area contributed by atoms with Gasteiger partial charge in [0.05, 0.1) is 6.10 Å². The van der Waals surface area contributed by atoms with Crippen LogP contribution in [0.2, 0.25) is 0 Å². The summed E-state index contributed by atoms with van der Waals surface area (Å²) in [4.78, 5) is 24.0. The molecular weight excluding hydrogens is 304 g/mol. The van der Waals surface area contributed by atoms with E-state index in [4.69, 9.17) is 0 Å². The van der Waals surface area contributed by atoms with Crippen molar-refractivity contribution in [2.75, 3.05) is 6.54 Å². The molecule has 2 unspecified atom stereocenters. The zero-order valence-electron chi connectivity index (χ0n) is 14.8. The van der Waals surface area contributed by atoms with Crippen LogP contribution in [0, 0.1) is 11.3 Å². The molecule has 0 aromatic heterocycles. The van der Waals surface area contributed by atoms with Crippen LogP contribution in [-0.2, 0) is 11.3 Å². The molecule has 2 amide bonds. The standard InChI is InChI=1S/C19H28N2O3/c1-19(2,3)18(24)21-11-13-7-9-14(10-8-13)17(23)20-12-15-5-4-6-16(15)22/h7-10,15-16,22H,4-6,11-12H2,1-3H3,(H,20,23)(H,21,24). The number of carbonyl (C=O) groups is 2. The summed E-state index contributed by atoms with van der Waals surface area (Å²) in [6, 6.07) is 7.22. The van der Waals surface area contributed by atoms with Crippen molar-refractivity contribution >= 4 is 11.8 Å². The Morgan fingerprint density at radius 3 is 2.33 bits per heavy atom. The molecule has 2 atom stereocenters. The van der Waals surface area contributed by atoms with Gasteiger partial charge < -0.3 is 15.7 Å². The molecule has 132 valence electrons. The number of benzene rings is 1. The Morgan fingerprint density at radius 2 is 1.79 bits per heavy atom. The second-order valence-corrected chi connectivity index (χ2v) is 7.60. The van der Waals surface area contributed by atoms with Gasteiger partial charge in [0.1, 0.15) is 0 Å². The van der Waals surface area contributed by atoms with Crippen LogP contribution in [0.3, 0.4) is 0 Å². The Hall–Kier alpha value is -1.88. The maximum Gasteiger partial charge on any atom is 0.251 e. The van der Waals surface area contributed by atoms with Crippen molar-refractivity contribution in [2.24, 2.45) is 11.3 Å². The van der Waals surface area contributed by atoms with Gasteiger partial charge in [-0.2, -0.15) is 0 Å². The minimum Gasteiger partial charge on any atom is -0.393 e. The molecule has 2 rings (SSSR count). The molecule has 24 heavy (non-hydrogen) atoms. The lowest BCUT2D eigenvalue weighted by Gasteiger charge is -2.17. The summed E-state index contributed by atoms with van der Waals surface area (Å²) in [7, 11) is 0. The lowest BCUT2D eigenvalue weighted by molar-refractivity contribution is -0.128. The molecule has 1 aliphatic carbocycles. The molecule has 1 aromatic rings. The second-order valence-electron chi connectivity index (χ2n) is 7.60. The first-order chi connectivity index (χ1) is 11.3. The van der Waals surface area contributed by atoms with Crippen molar-refractivity contribution in [3.63, 3.8) is 0 Å². The fraction of sp³-hybridized carbons (Fsp3) is 0.579. The van der Waals surface area contributed by atoms with Gasteiger partial charge in [0.25, 0.3) is 5.91 Å². The smallest absolute Gasteiger partial charge is 0.251 e. The highest BCUT2D eigenvalue weighted by molar-refractivity contribution is 5.94. The summed E-state index contributed by atoms with van der Waals surface area (Å²) in [5.41, 5.74) is 1.13. The minimum absolute atomic E-state index is 0.000518. The van der Waals surface area contributed by atoms with E-state index in [0.29, 0.717) is 18.7 Å². The SMILES string of the molecule is CC(C)(C)C(=O)NCc1ccc(C(=O)NCC2CCCC2O)cc1. The maximum absolute atomic E-state index is 12.2. The second kappa shape index (κ2) is 7.79. The molecule has 1 saturated carbocycles. The van der Waals surface area contributed by atoms with E-state index in [0.717, 1.165) is 24.8 Å². The topological polar surface area (TPSA) is 78.4 Å². The molecular formula is C19H28N2O3. The predicted octanol–water partition coefficient (Wildman–Crippen LogP) is 2.24. The Morgan fingerprint density at radius 1 is 1.12 bits per heavy atom. The monoisotopic (exact) mass is 332 g/mol. The summed E-state index contributed by atoms with van der Waals surface area (Å²) in [5, 5.41) is 15.6. The number of hydrogen-bond acceptors (Lipinski definition) is 3. The van der Waals surface area contributed by atoms with E-state index in [1.807, 2.05) is 32.9 Å². The van der Waals surface area contributed by atoms with Crippen molar-refractivity contribution < 1.29 is 14.7 Å². The third kappa shape index (κ3) is 5.06. The summed E-state index contributed by atoms with van der Waals surface area (Å²) < 4.78 is 0. The normalized spacial score (nSPS) is 20.7. The molecule has 1 aromatic carbocycles. The van der Waals surface area contributed by atoms with Gasteiger partial charge in [-0.3, -0.25) is 9.59 Å². The van der Waals surface area contributed by atoms with Crippen LogP contribution >= 0.6 is 0 Å². The molecule has 0 spiro atoms. The largest absolute Gasteiger partial charge is 0.393 e. The van der Waals surface area contributed by atoms with Gasteiger partial charge in [-0.1, -0.05) is 39.3 Å². The first-order valence-electron chi connectivity index (χ1n) is 8.61. The van der Waals surface area contributed by atoms with Gasteiger partial charge >= 0.3 is 0 Å². The predicted molar refractivity (Wildman–Crippen MR) is 93.4 cm³/mol. The number of amides is 2. The average Bonchev–Trinajstić information content (AvgIpc) is 2.95. The van der Waals surface area contributed by atoms with Crippen LogP contribution in [0.25, 0.3) is 0 Å². The summed E-state index contributed by atoms with van der Waals surface area (Å²) in [6.07, 6.45) is 2.53. The highest BCUT2D eigenvalue weighted by Gasteiger charge is 2.25. The van der Waals surface area contributed by atoms with Crippen molar-refractivity contribution in [2.45, 2.75) is 52.7 Å². The van der Waals surface area contributed by atoms with Gasteiger partial charge in [-0.25, -0.2) is 0 Å². The Bertz CT molecular complexity index is 575. The van der Waals surface area contributed by atoms with Gasteiger partial charge in [-0.05, 0) is 30.5 Å². The van der Waals surface area contributed by atoms with Gasteiger partial charge in [0.2, 0.25) is 5.91 Å². The molecule has 1 aliphatic rings. The third-order valence-corrected chi connectivity index (χ3v) is 4.49. The lowest BCUT2D eigenvalue weighted by Crippen LogP contribution is -2.34. The Kier molecular flexibility index (Phi) is 5.99.